The molecule has 0 spiro atoms. The lowest BCUT2D eigenvalue weighted by atomic mass is 9.79. The number of benzene rings is 1. The summed E-state index contributed by atoms with van der Waals surface area (Å²) < 4.78 is 61.4. The molecule has 1 aliphatic carbocycles. The fourth-order valence-corrected chi connectivity index (χ4v) is 2.56. The minimum absolute atomic E-state index is 0.0456. The highest BCUT2D eigenvalue weighted by atomic mass is 19.3. The summed E-state index contributed by atoms with van der Waals surface area (Å²) in [6, 6.07) is 4.09. The van der Waals surface area contributed by atoms with Gasteiger partial charge in [0.05, 0.1) is 6.61 Å². The highest BCUT2D eigenvalue weighted by molar-refractivity contribution is 5.36. The van der Waals surface area contributed by atoms with E-state index >= 15 is 0 Å². The quantitative estimate of drug-likeness (QED) is 0.812. The van der Waals surface area contributed by atoms with E-state index in [4.69, 9.17) is 9.84 Å². The van der Waals surface area contributed by atoms with E-state index in [9.17, 15) is 17.6 Å². The molecule has 7 heteroatoms. The summed E-state index contributed by atoms with van der Waals surface area (Å²) in [6.45, 7) is -0.527. The summed E-state index contributed by atoms with van der Waals surface area (Å²) in [6.07, 6.45) is 2.72. The minimum atomic E-state index is -3.10. The van der Waals surface area contributed by atoms with E-state index < -0.39 is 41.5 Å². The minimum Gasteiger partial charge on any atom is -0.451 e. The molecule has 1 saturated carbocycles. The van der Waals surface area contributed by atoms with Crippen LogP contribution in [0.1, 0.15) is 30.5 Å². The predicted molar refractivity (Wildman–Crippen MR) is 77.8 cm³/mol. The Morgan fingerprint density at radius 1 is 1.17 bits per heavy atom. The van der Waals surface area contributed by atoms with E-state index in [1.807, 2.05) is 0 Å². The van der Waals surface area contributed by atoms with Gasteiger partial charge in [-0.1, -0.05) is 6.42 Å². The van der Waals surface area contributed by atoms with Gasteiger partial charge in [0, 0.05) is 18.2 Å². The molecule has 0 atom stereocenters. The Kier molecular flexibility index (Phi) is 4.45. The Hall–Kier alpha value is -2.15. The van der Waals surface area contributed by atoms with Gasteiger partial charge in [0.15, 0.2) is 17.4 Å². The van der Waals surface area contributed by atoms with Crippen LogP contribution in [0.2, 0.25) is 0 Å². The molecule has 3 rings (SSSR count). The van der Waals surface area contributed by atoms with Gasteiger partial charge in [0.25, 0.3) is 5.92 Å². The average Bonchev–Trinajstić information content (AvgIpc) is 2.49. The van der Waals surface area contributed by atoms with Gasteiger partial charge in [-0.2, -0.15) is 8.78 Å². The molecular weight excluding hydrogens is 326 g/mol. The molecule has 2 aromatic rings. The molecule has 1 heterocycles. The normalized spacial score (nSPS) is 15.2. The van der Waals surface area contributed by atoms with E-state index in [1.165, 1.54) is 6.07 Å². The van der Waals surface area contributed by atoms with Crippen molar-refractivity contribution in [3.63, 3.8) is 0 Å². The molecule has 0 bridgehead atoms. The third-order valence-electron chi connectivity index (χ3n) is 4.15. The number of alkyl halides is 2. The Morgan fingerprint density at radius 3 is 2.38 bits per heavy atom. The smallest absolute Gasteiger partial charge is 0.292 e. The molecule has 1 N–H and O–H groups in total. The zero-order valence-electron chi connectivity index (χ0n) is 12.6. The maximum Gasteiger partial charge on any atom is 0.292 e. The number of pyridine rings is 1. The molecule has 0 unspecified atom stereocenters. The molecule has 1 aliphatic rings. The van der Waals surface area contributed by atoms with Crippen molar-refractivity contribution in [2.45, 2.75) is 31.8 Å². The van der Waals surface area contributed by atoms with Crippen LogP contribution < -0.4 is 4.74 Å². The lowest BCUT2D eigenvalue weighted by Gasteiger charge is -2.32. The summed E-state index contributed by atoms with van der Waals surface area (Å²) in [7, 11) is 0. The predicted octanol–water partition coefficient (Wildman–Crippen LogP) is 4.54. The van der Waals surface area contributed by atoms with Gasteiger partial charge in [-0.15, -0.1) is 0 Å². The van der Waals surface area contributed by atoms with Crippen molar-refractivity contribution in [3.05, 3.63) is 53.4 Å². The first-order valence-corrected chi connectivity index (χ1v) is 7.52. The number of aromatic nitrogens is 1. The topological polar surface area (TPSA) is 42.4 Å². The Morgan fingerprint density at radius 2 is 1.83 bits per heavy atom. The van der Waals surface area contributed by atoms with Crippen LogP contribution in [0.3, 0.4) is 0 Å². The van der Waals surface area contributed by atoms with Gasteiger partial charge >= 0.3 is 0 Å². The molecule has 3 nitrogen and oxygen atoms in total. The molecule has 0 amide bonds. The molecule has 1 aromatic carbocycles. The van der Waals surface area contributed by atoms with Crippen molar-refractivity contribution in [1.29, 1.82) is 0 Å². The average molecular weight is 341 g/mol. The lowest BCUT2D eigenvalue weighted by molar-refractivity contribution is -0.0978. The fraction of sp³-hybridized carbons (Fsp3) is 0.353. The van der Waals surface area contributed by atoms with Crippen LogP contribution in [0.4, 0.5) is 17.6 Å². The van der Waals surface area contributed by atoms with Crippen LogP contribution in [0.15, 0.2) is 30.5 Å². The zero-order valence-corrected chi connectivity index (χ0v) is 12.6. The number of hydrogen-bond donors (Lipinski definition) is 1. The molecule has 1 aromatic heterocycles. The second-order valence-corrected chi connectivity index (χ2v) is 5.78. The van der Waals surface area contributed by atoms with Gasteiger partial charge in [-0.05, 0) is 36.6 Å². The number of nitrogens with zero attached hydrogens (tertiary/aromatic N) is 1. The van der Waals surface area contributed by atoms with Crippen LogP contribution in [-0.2, 0) is 12.5 Å². The van der Waals surface area contributed by atoms with Gasteiger partial charge < -0.3 is 9.84 Å². The molecule has 128 valence electrons. The van der Waals surface area contributed by atoms with E-state index in [1.54, 1.807) is 0 Å². The van der Waals surface area contributed by atoms with Gasteiger partial charge in [0.1, 0.15) is 11.4 Å². The lowest BCUT2D eigenvalue weighted by Crippen LogP contribution is -2.31. The second-order valence-electron chi connectivity index (χ2n) is 5.78. The number of aliphatic hydroxyl groups excluding tert-OH is 1. The zero-order chi connectivity index (χ0) is 17.3. The molecule has 1 fully saturated rings. The summed E-state index contributed by atoms with van der Waals surface area (Å²) >= 11 is 0. The number of ether oxygens (including phenoxy) is 1. The van der Waals surface area contributed by atoms with Crippen molar-refractivity contribution in [2.75, 3.05) is 0 Å². The number of rotatable bonds is 5. The first-order chi connectivity index (χ1) is 11.4. The maximum atomic E-state index is 14.3. The summed E-state index contributed by atoms with van der Waals surface area (Å²) in [5, 5.41) is 8.91. The number of hydrogen-bond acceptors (Lipinski definition) is 3. The van der Waals surface area contributed by atoms with Crippen LogP contribution >= 0.6 is 0 Å². The van der Waals surface area contributed by atoms with E-state index in [0.29, 0.717) is 12.8 Å². The van der Waals surface area contributed by atoms with Gasteiger partial charge in [-0.25, -0.2) is 8.78 Å². The largest absolute Gasteiger partial charge is 0.451 e. The molecular formula is C17H15F4NO2. The first-order valence-electron chi connectivity index (χ1n) is 7.52. The number of halogens is 4. The highest BCUT2D eigenvalue weighted by Crippen LogP contribution is 2.46. The van der Waals surface area contributed by atoms with Crippen molar-refractivity contribution < 1.29 is 27.4 Å². The third-order valence-corrected chi connectivity index (χ3v) is 4.15. The highest BCUT2D eigenvalue weighted by Gasteiger charge is 2.45. The van der Waals surface area contributed by atoms with Crippen LogP contribution in [0.5, 0.6) is 11.5 Å². The second kappa shape index (κ2) is 6.39. The van der Waals surface area contributed by atoms with Crippen LogP contribution in [-0.4, -0.2) is 10.1 Å². The summed E-state index contributed by atoms with van der Waals surface area (Å²) in [5.41, 5.74) is -0.429. The summed E-state index contributed by atoms with van der Waals surface area (Å²) in [4.78, 5) is 3.68. The van der Waals surface area contributed by atoms with Crippen LogP contribution in [0, 0.1) is 17.6 Å². The van der Waals surface area contributed by atoms with Crippen LogP contribution in [0.25, 0.3) is 0 Å². The third kappa shape index (κ3) is 3.08. The first kappa shape index (κ1) is 16.7. The van der Waals surface area contributed by atoms with E-state index in [2.05, 4.69) is 4.98 Å². The van der Waals surface area contributed by atoms with E-state index in [-0.39, 0.29) is 11.3 Å². The standard InChI is InChI=1S/C17H15F4NO2/c18-13-6-10(9-23)7-14(19)16(13)24-12-4-5-22-15(8-12)17(20,21)11-2-1-3-11/h4-8,11,23H,1-3,9H2. The molecule has 24 heavy (non-hydrogen) atoms. The van der Waals surface area contributed by atoms with Crippen molar-refractivity contribution in [2.24, 2.45) is 5.92 Å². The maximum absolute atomic E-state index is 14.3. The summed E-state index contributed by atoms with van der Waals surface area (Å²) in [5.74, 6) is -6.76. The van der Waals surface area contributed by atoms with Gasteiger partial charge in [-0.3, -0.25) is 4.98 Å². The fourth-order valence-electron chi connectivity index (χ4n) is 2.56. The Balaban J connectivity index is 1.88. The molecule has 0 radical (unpaired) electrons. The van der Waals surface area contributed by atoms with Gasteiger partial charge in [0.2, 0.25) is 0 Å². The van der Waals surface area contributed by atoms with Crippen molar-refractivity contribution >= 4 is 0 Å². The van der Waals surface area contributed by atoms with E-state index in [0.717, 1.165) is 30.8 Å². The van der Waals surface area contributed by atoms with Crippen molar-refractivity contribution in [3.8, 4) is 11.5 Å². The monoisotopic (exact) mass is 341 g/mol. The number of aliphatic hydroxyl groups is 1. The SMILES string of the molecule is OCc1cc(F)c(Oc2ccnc(C(F)(F)C3CCC3)c2)c(F)c1. The molecule has 0 saturated heterocycles. The Labute approximate surface area is 135 Å². The van der Waals surface area contributed by atoms with Crippen molar-refractivity contribution in [1.82, 2.24) is 4.98 Å². The molecule has 0 aliphatic heterocycles. The Bertz CT molecular complexity index is 724.